The van der Waals surface area contributed by atoms with E-state index in [0.717, 1.165) is 25.7 Å². The molecular formula is C11H16N4OS. The number of nitrogens with two attached hydrogens (primary N) is 1. The van der Waals surface area contributed by atoms with Gasteiger partial charge < -0.3 is 0 Å². The second-order valence-corrected chi connectivity index (χ2v) is 5.39. The highest BCUT2D eigenvalue weighted by Gasteiger charge is 2.36. The number of hydrogen-bond donors (Lipinski definition) is 1. The van der Waals surface area contributed by atoms with Crippen molar-refractivity contribution in [2.45, 2.75) is 44.2 Å². The van der Waals surface area contributed by atoms with Crippen molar-refractivity contribution in [1.82, 2.24) is 10.1 Å². The fraction of sp³-hybridized carbons (Fsp3) is 0.727. The predicted octanol–water partition coefficient (Wildman–Crippen LogP) is 1.02. The van der Waals surface area contributed by atoms with E-state index >= 15 is 0 Å². The van der Waals surface area contributed by atoms with E-state index in [4.69, 9.17) is 11.1 Å². The predicted molar refractivity (Wildman–Crippen MR) is 65.8 cm³/mol. The van der Waals surface area contributed by atoms with E-state index in [-0.39, 0.29) is 12.1 Å². The minimum absolute atomic E-state index is 0.238. The zero-order valence-electron chi connectivity index (χ0n) is 9.63. The van der Waals surface area contributed by atoms with E-state index in [2.05, 4.69) is 6.07 Å². The molecule has 2 aliphatic rings. The zero-order chi connectivity index (χ0) is 12.3. The van der Waals surface area contributed by atoms with Crippen LogP contribution in [-0.4, -0.2) is 33.9 Å². The summed E-state index contributed by atoms with van der Waals surface area (Å²) in [6.45, 7) is 0. The molecule has 0 amide bonds. The van der Waals surface area contributed by atoms with Crippen molar-refractivity contribution in [2.75, 3.05) is 5.75 Å². The Morgan fingerprint density at radius 2 is 2.12 bits per heavy atom. The highest BCUT2D eigenvalue weighted by atomic mass is 32.2. The molecule has 1 aliphatic carbocycles. The van der Waals surface area contributed by atoms with Crippen LogP contribution < -0.4 is 5.84 Å². The molecule has 17 heavy (non-hydrogen) atoms. The fourth-order valence-electron chi connectivity index (χ4n) is 2.39. The Labute approximate surface area is 105 Å². The lowest BCUT2D eigenvalue weighted by atomic mass is 9.96. The average Bonchev–Trinajstić information content (AvgIpc) is 2.81. The van der Waals surface area contributed by atoms with Crippen LogP contribution in [0.4, 0.5) is 0 Å². The molecule has 5 nitrogen and oxygen atoms in total. The number of nitriles is 1. The molecule has 1 atom stereocenters. The molecule has 92 valence electrons. The Hall–Kier alpha value is -0.990. The van der Waals surface area contributed by atoms with Crippen molar-refractivity contribution >= 4 is 17.7 Å². The zero-order valence-corrected chi connectivity index (χ0v) is 10.4. The number of hydrazine groups is 2. The van der Waals surface area contributed by atoms with Crippen LogP contribution in [0.25, 0.3) is 0 Å². The molecule has 0 aromatic heterocycles. The molecule has 1 saturated carbocycles. The van der Waals surface area contributed by atoms with Gasteiger partial charge in [-0.15, -0.1) is 0 Å². The second-order valence-electron chi connectivity index (χ2n) is 4.38. The first-order valence-corrected chi connectivity index (χ1v) is 6.87. The summed E-state index contributed by atoms with van der Waals surface area (Å²) in [7, 11) is 0. The van der Waals surface area contributed by atoms with Crippen LogP contribution in [0, 0.1) is 11.3 Å². The van der Waals surface area contributed by atoms with Crippen molar-refractivity contribution in [1.29, 1.82) is 5.26 Å². The van der Waals surface area contributed by atoms with Crippen LogP contribution in [-0.2, 0) is 4.79 Å². The van der Waals surface area contributed by atoms with Crippen LogP contribution >= 0.6 is 11.8 Å². The lowest BCUT2D eigenvalue weighted by Crippen LogP contribution is -2.55. The molecule has 6 heteroatoms. The third-order valence-corrected chi connectivity index (χ3v) is 4.34. The standard InChI is InChI=1S/C11H16N4OS/c12-6-10-8-17-11(7-16)14(10)15(13)9-4-2-1-3-5-9/h9-10H,1-5,8,13H2. The largest absolute Gasteiger partial charge is 0.258 e. The summed E-state index contributed by atoms with van der Waals surface area (Å²) in [5, 5.41) is 12.7. The van der Waals surface area contributed by atoms with Crippen molar-refractivity contribution in [3.8, 4) is 6.07 Å². The maximum Gasteiger partial charge on any atom is 0.174 e. The summed E-state index contributed by atoms with van der Waals surface area (Å²) in [5.74, 6) is 8.55. The number of carbonyl (C=O) groups excluding carboxylic acids is 1. The highest BCUT2D eigenvalue weighted by Crippen LogP contribution is 2.33. The van der Waals surface area contributed by atoms with Crippen LogP contribution in [0.1, 0.15) is 32.1 Å². The van der Waals surface area contributed by atoms with E-state index < -0.39 is 0 Å². The Balaban J connectivity index is 2.12. The van der Waals surface area contributed by atoms with Gasteiger partial charge in [0.15, 0.2) is 11.0 Å². The molecule has 0 aromatic rings. The number of rotatable bonds is 2. The van der Waals surface area contributed by atoms with Gasteiger partial charge in [-0.1, -0.05) is 31.0 Å². The van der Waals surface area contributed by atoms with E-state index in [0.29, 0.717) is 10.8 Å². The molecule has 0 radical (unpaired) electrons. The quantitative estimate of drug-likeness (QED) is 0.449. The Morgan fingerprint density at radius 3 is 2.71 bits per heavy atom. The van der Waals surface area contributed by atoms with E-state index in [1.807, 2.05) is 5.94 Å². The van der Waals surface area contributed by atoms with Crippen LogP contribution in [0.3, 0.4) is 0 Å². The molecule has 1 saturated heterocycles. The fourth-order valence-corrected chi connectivity index (χ4v) is 3.34. The van der Waals surface area contributed by atoms with Crippen molar-refractivity contribution in [2.24, 2.45) is 5.84 Å². The molecule has 2 fully saturated rings. The SMILES string of the molecule is N#CC1CSC(=C=O)N1N(N)C1CCCCC1. The minimum Gasteiger partial charge on any atom is -0.258 e. The van der Waals surface area contributed by atoms with Crippen LogP contribution in [0.2, 0.25) is 0 Å². The minimum atomic E-state index is -0.344. The van der Waals surface area contributed by atoms with Gasteiger partial charge in [0.25, 0.3) is 0 Å². The van der Waals surface area contributed by atoms with Gasteiger partial charge in [-0.3, -0.25) is 10.9 Å². The van der Waals surface area contributed by atoms with Gasteiger partial charge in [0.1, 0.15) is 6.04 Å². The Kier molecular flexibility index (Phi) is 4.08. The summed E-state index contributed by atoms with van der Waals surface area (Å²) in [6, 6.07) is 2.08. The third-order valence-electron chi connectivity index (χ3n) is 3.32. The first-order valence-electron chi connectivity index (χ1n) is 5.88. The first-order chi connectivity index (χ1) is 8.27. The molecule has 0 spiro atoms. The van der Waals surface area contributed by atoms with Gasteiger partial charge >= 0.3 is 0 Å². The van der Waals surface area contributed by atoms with Gasteiger partial charge in [0.05, 0.1) is 6.07 Å². The molecule has 2 N–H and O–H groups in total. The van der Waals surface area contributed by atoms with Gasteiger partial charge in [0, 0.05) is 11.8 Å². The van der Waals surface area contributed by atoms with Gasteiger partial charge in [0.2, 0.25) is 0 Å². The van der Waals surface area contributed by atoms with Gasteiger partial charge in [-0.2, -0.15) is 10.4 Å². The molecule has 0 aromatic carbocycles. The third kappa shape index (κ3) is 2.48. The molecule has 2 rings (SSSR count). The molecule has 0 bridgehead atoms. The van der Waals surface area contributed by atoms with E-state index in [1.54, 1.807) is 10.1 Å². The van der Waals surface area contributed by atoms with Crippen LogP contribution in [0.5, 0.6) is 0 Å². The highest BCUT2D eigenvalue weighted by molar-refractivity contribution is 8.03. The van der Waals surface area contributed by atoms with Crippen LogP contribution in [0.15, 0.2) is 5.03 Å². The maximum absolute atomic E-state index is 10.9. The molecule has 1 unspecified atom stereocenters. The normalized spacial score (nSPS) is 26.1. The van der Waals surface area contributed by atoms with Crippen molar-refractivity contribution in [3.63, 3.8) is 0 Å². The van der Waals surface area contributed by atoms with E-state index in [1.165, 1.54) is 18.2 Å². The molecule has 1 heterocycles. The van der Waals surface area contributed by atoms with Gasteiger partial charge in [-0.25, -0.2) is 4.79 Å². The van der Waals surface area contributed by atoms with Crippen molar-refractivity contribution < 1.29 is 4.79 Å². The topological polar surface area (TPSA) is 73.4 Å². The van der Waals surface area contributed by atoms with E-state index in [9.17, 15) is 4.79 Å². The second kappa shape index (κ2) is 5.56. The first kappa shape index (κ1) is 12.5. The number of thioether (sulfide) groups is 1. The molecular weight excluding hydrogens is 236 g/mol. The summed E-state index contributed by atoms with van der Waals surface area (Å²) >= 11 is 1.35. The van der Waals surface area contributed by atoms with Gasteiger partial charge in [-0.05, 0) is 12.8 Å². The summed E-state index contributed by atoms with van der Waals surface area (Å²) in [6.07, 6.45) is 5.63. The van der Waals surface area contributed by atoms with Crippen molar-refractivity contribution in [3.05, 3.63) is 5.03 Å². The summed E-state index contributed by atoms with van der Waals surface area (Å²) < 4.78 is 0. The lowest BCUT2D eigenvalue weighted by molar-refractivity contribution is -0.0450. The Bertz CT molecular complexity index is 368. The maximum atomic E-state index is 10.9. The monoisotopic (exact) mass is 252 g/mol. The smallest absolute Gasteiger partial charge is 0.174 e. The summed E-state index contributed by atoms with van der Waals surface area (Å²) in [5.41, 5.74) is 0. The number of hydrogen-bond acceptors (Lipinski definition) is 6. The Morgan fingerprint density at radius 1 is 1.41 bits per heavy atom. The summed E-state index contributed by atoms with van der Waals surface area (Å²) in [4.78, 5) is 10.9. The molecule has 1 aliphatic heterocycles. The average molecular weight is 252 g/mol. The lowest BCUT2D eigenvalue weighted by Gasteiger charge is -2.38. The number of nitrogens with zero attached hydrogens (tertiary/aromatic N) is 3.